The molecule has 0 aromatic heterocycles. The lowest BCUT2D eigenvalue weighted by Gasteiger charge is -2.28. The van der Waals surface area contributed by atoms with Crippen molar-refractivity contribution in [3.63, 3.8) is 0 Å². The Balaban J connectivity index is 1.71. The molecular weight excluding hydrogens is 364 g/mol. The highest BCUT2D eigenvalue weighted by atomic mass is 16.7. The Labute approximate surface area is 164 Å². The van der Waals surface area contributed by atoms with E-state index >= 15 is 0 Å². The van der Waals surface area contributed by atoms with Gasteiger partial charge in [0.2, 0.25) is 0 Å². The standard InChI is InChI=1S/C21H26O7/c1-6-24-20-12-7-13(25-20)9-21(5)17(28-21)16-15(11(4)19(23)27-16)14(8-12)26-18(22)10(2)3/h7,13-17,20H,2,4,6,8-9H2,1,3,5H3/t13-,14-,15+,16-,17-,20+,21+/m0/s1. The van der Waals surface area contributed by atoms with E-state index < -0.39 is 42.0 Å². The Kier molecular flexibility index (Phi) is 4.72. The molecule has 7 atom stereocenters. The molecule has 7 nitrogen and oxygen atoms in total. The van der Waals surface area contributed by atoms with Crippen molar-refractivity contribution in [3.05, 3.63) is 36.0 Å². The van der Waals surface area contributed by atoms with Crippen LogP contribution in [0, 0.1) is 5.92 Å². The molecule has 28 heavy (non-hydrogen) atoms. The van der Waals surface area contributed by atoms with Gasteiger partial charge in [0.25, 0.3) is 0 Å². The summed E-state index contributed by atoms with van der Waals surface area (Å²) in [6.07, 6.45) is 0.839. The molecular formula is C21H26O7. The van der Waals surface area contributed by atoms with Crippen LogP contribution in [0.15, 0.2) is 36.0 Å². The predicted molar refractivity (Wildman–Crippen MR) is 98.1 cm³/mol. The van der Waals surface area contributed by atoms with Crippen molar-refractivity contribution >= 4 is 11.9 Å². The number of rotatable bonds is 4. The average Bonchev–Trinajstić information content (AvgIpc) is 3.00. The minimum Gasteiger partial charge on any atom is -0.458 e. The Morgan fingerprint density at radius 2 is 2.18 bits per heavy atom. The maximum absolute atomic E-state index is 12.3. The molecule has 0 aromatic rings. The number of epoxide rings is 1. The van der Waals surface area contributed by atoms with Gasteiger partial charge in [0.15, 0.2) is 6.29 Å². The van der Waals surface area contributed by atoms with E-state index in [4.69, 9.17) is 23.7 Å². The van der Waals surface area contributed by atoms with Crippen molar-refractivity contribution in [2.24, 2.45) is 5.92 Å². The molecule has 0 spiro atoms. The summed E-state index contributed by atoms with van der Waals surface area (Å²) in [5, 5.41) is 0. The molecule has 0 N–H and O–H groups in total. The minimum atomic E-state index is -0.656. The number of fused-ring (bicyclic) bond motifs is 4. The second-order valence-corrected chi connectivity index (χ2v) is 8.11. The van der Waals surface area contributed by atoms with E-state index in [0.29, 0.717) is 25.0 Å². The average molecular weight is 390 g/mol. The highest BCUT2D eigenvalue weighted by Crippen LogP contribution is 2.52. The van der Waals surface area contributed by atoms with Crippen LogP contribution in [-0.2, 0) is 33.3 Å². The van der Waals surface area contributed by atoms with Gasteiger partial charge < -0.3 is 23.7 Å². The van der Waals surface area contributed by atoms with Gasteiger partial charge in [-0.25, -0.2) is 9.59 Å². The maximum Gasteiger partial charge on any atom is 0.334 e. The van der Waals surface area contributed by atoms with Gasteiger partial charge >= 0.3 is 11.9 Å². The van der Waals surface area contributed by atoms with Crippen LogP contribution in [-0.4, -0.2) is 54.9 Å². The van der Waals surface area contributed by atoms with E-state index in [1.54, 1.807) is 6.92 Å². The Bertz CT molecular complexity index is 769. The first-order valence-corrected chi connectivity index (χ1v) is 9.65. The summed E-state index contributed by atoms with van der Waals surface area (Å²) in [4.78, 5) is 24.6. The summed E-state index contributed by atoms with van der Waals surface area (Å²) in [7, 11) is 0. The summed E-state index contributed by atoms with van der Waals surface area (Å²) < 4.78 is 29.1. The number of hydrogen-bond donors (Lipinski definition) is 0. The van der Waals surface area contributed by atoms with Gasteiger partial charge in [0.05, 0.1) is 17.6 Å². The zero-order valence-corrected chi connectivity index (χ0v) is 16.4. The summed E-state index contributed by atoms with van der Waals surface area (Å²) >= 11 is 0. The molecule has 2 bridgehead atoms. The van der Waals surface area contributed by atoms with Crippen LogP contribution in [0.1, 0.15) is 33.6 Å². The number of ether oxygens (including phenoxy) is 5. The van der Waals surface area contributed by atoms with Crippen molar-refractivity contribution < 1.29 is 33.3 Å². The van der Waals surface area contributed by atoms with Crippen molar-refractivity contribution in [1.29, 1.82) is 0 Å². The molecule has 2 saturated heterocycles. The number of hydrogen-bond acceptors (Lipinski definition) is 7. The summed E-state index contributed by atoms with van der Waals surface area (Å²) in [5.74, 6) is -1.49. The number of carbonyl (C=O) groups is 2. The van der Waals surface area contributed by atoms with E-state index in [-0.39, 0.29) is 17.8 Å². The SMILES string of the molecule is C=C(C)C(=O)O[C@H]1CC2=C[C@@H](C[C@@]3(C)O[C@H]3[C@H]3OC(=O)C(=C)[C@@H]31)O[C@H]2OCC. The van der Waals surface area contributed by atoms with Gasteiger partial charge in [0, 0.05) is 30.6 Å². The molecule has 3 aliphatic heterocycles. The first-order valence-electron chi connectivity index (χ1n) is 9.65. The lowest BCUT2D eigenvalue weighted by atomic mass is 9.82. The van der Waals surface area contributed by atoms with Gasteiger partial charge in [-0.3, -0.25) is 0 Å². The van der Waals surface area contributed by atoms with E-state index in [1.165, 1.54) is 0 Å². The highest BCUT2D eigenvalue weighted by Gasteiger charge is 2.65. The minimum absolute atomic E-state index is 0.170. The normalized spacial score (nSPS) is 41.5. The molecule has 4 rings (SSSR count). The van der Waals surface area contributed by atoms with E-state index in [1.807, 2.05) is 19.9 Å². The lowest BCUT2D eigenvalue weighted by Crippen LogP contribution is -2.39. The Morgan fingerprint density at radius 3 is 2.86 bits per heavy atom. The second kappa shape index (κ2) is 6.83. The third kappa shape index (κ3) is 3.21. The number of carbonyl (C=O) groups excluding carboxylic acids is 2. The van der Waals surface area contributed by atoms with Gasteiger partial charge in [-0.05, 0) is 26.3 Å². The van der Waals surface area contributed by atoms with Crippen molar-refractivity contribution in [2.45, 2.75) is 69.9 Å². The lowest BCUT2D eigenvalue weighted by molar-refractivity contribution is -0.150. The molecule has 0 amide bonds. The largest absolute Gasteiger partial charge is 0.458 e. The van der Waals surface area contributed by atoms with Crippen molar-refractivity contribution in [2.75, 3.05) is 6.61 Å². The fraction of sp³-hybridized carbons (Fsp3) is 0.619. The first-order chi connectivity index (χ1) is 13.2. The monoisotopic (exact) mass is 390 g/mol. The van der Waals surface area contributed by atoms with Crippen molar-refractivity contribution in [1.82, 2.24) is 0 Å². The topological polar surface area (TPSA) is 83.6 Å². The molecule has 3 heterocycles. The third-order valence-electron chi connectivity index (χ3n) is 5.87. The molecule has 152 valence electrons. The second-order valence-electron chi connectivity index (χ2n) is 8.11. The predicted octanol–water partition coefficient (Wildman–Crippen LogP) is 2.21. The fourth-order valence-electron chi connectivity index (χ4n) is 4.41. The fourth-order valence-corrected chi connectivity index (χ4v) is 4.41. The molecule has 7 heteroatoms. The zero-order valence-electron chi connectivity index (χ0n) is 16.4. The molecule has 4 aliphatic rings. The molecule has 2 fully saturated rings. The van der Waals surface area contributed by atoms with E-state index in [2.05, 4.69) is 13.2 Å². The van der Waals surface area contributed by atoms with Crippen LogP contribution >= 0.6 is 0 Å². The third-order valence-corrected chi connectivity index (χ3v) is 5.87. The van der Waals surface area contributed by atoms with Gasteiger partial charge in [-0.2, -0.15) is 0 Å². The highest BCUT2D eigenvalue weighted by molar-refractivity contribution is 5.91. The number of esters is 2. The Hall–Kier alpha value is -1.96. The smallest absolute Gasteiger partial charge is 0.334 e. The summed E-state index contributed by atoms with van der Waals surface area (Å²) in [6.45, 7) is 13.5. The van der Waals surface area contributed by atoms with Gasteiger partial charge in [-0.15, -0.1) is 0 Å². The molecule has 0 saturated carbocycles. The summed E-state index contributed by atoms with van der Waals surface area (Å²) in [6, 6.07) is 0. The van der Waals surface area contributed by atoms with E-state index in [9.17, 15) is 9.59 Å². The maximum atomic E-state index is 12.3. The van der Waals surface area contributed by atoms with Gasteiger partial charge in [0.1, 0.15) is 18.3 Å². The first kappa shape index (κ1) is 19.4. The Morgan fingerprint density at radius 1 is 1.43 bits per heavy atom. The van der Waals surface area contributed by atoms with Crippen LogP contribution in [0.25, 0.3) is 0 Å². The van der Waals surface area contributed by atoms with Crippen molar-refractivity contribution in [3.8, 4) is 0 Å². The van der Waals surface area contributed by atoms with Crippen LogP contribution in [0.2, 0.25) is 0 Å². The van der Waals surface area contributed by atoms with Gasteiger partial charge in [-0.1, -0.05) is 19.2 Å². The molecule has 1 aliphatic carbocycles. The molecule has 0 aromatic carbocycles. The quantitative estimate of drug-likeness (QED) is 0.315. The van der Waals surface area contributed by atoms with E-state index in [0.717, 1.165) is 5.57 Å². The van der Waals surface area contributed by atoms with Crippen LogP contribution in [0.5, 0.6) is 0 Å². The van der Waals surface area contributed by atoms with Crippen LogP contribution in [0.3, 0.4) is 0 Å². The van der Waals surface area contributed by atoms with Crippen LogP contribution < -0.4 is 0 Å². The van der Waals surface area contributed by atoms with Crippen LogP contribution in [0.4, 0.5) is 0 Å². The molecule has 0 radical (unpaired) electrons. The summed E-state index contributed by atoms with van der Waals surface area (Å²) in [5.41, 5.74) is 0.987. The molecule has 0 unspecified atom stereocenters. The zero-order chi connectivity index (χ0) is 20.2.